The number of rotatable bonds is 3. The first-order valence-corrected chi connectivity index (χ1v) is 6.33. The predicted molar refractivity (Wildman–Crippen MR) is 58.2 cm³/mol. The van der Waals surface area contributed by atoms with Crippen molar-refractivity contribution in [3.8, 4) is 0 Å². The van der Waals surface area contributed by atoms with E-state index < -0.39 is 12.0 Å². The normalized spacial score (nSPS) is 15.9. The molecule has 0 unspecified atom stereocenters. The van der Waals surface area contributed by atoms with Gasteiger partial charge in [-0.2, -0.15) is 22.8 Å². The van der Waals surface area contributed by atoms with Gasteiger partial charge in [0.1, 0.15) is 5.01 Å². The summed E-state index contributed by atoms with van der Waals surface area (Å²) in [5, 5.41) is 13.2. The summed E-state index contributed by atoms with van der Waals surface area (Å²) in [5.74, 6) is -1.18. The summed E-state index contributed by atoms with van der Waals surface area (Å²) in [4.78, 5) is 11.5. The van der Waals surface area contributed by atoms with Crippen LogP contribution in [-0.2, 0) is 17.5 Å². The highest BCUT2D eigenvalue weighted by Gasteiger charge is 2.38. The third kappa shape index (κ3) is 2.39. The topological polar surface area (TPSA) is 72.2 Å². The second-order valence-corrected chi connectivity index (χ2v) is 5.24. The number of amides is 1. The summed E-state index contributed by atoms with van der Waals surface area (Å²) < 4.78 is 38.3. The van der Waals surface area contributed by atoms with E-state index in [-0.39, 0.29) is 23.3 Å². The number of carbonyl (C=O) groups is 1. The fraction of sp³-hybridized carbons (Fsp3) is 0.556. The fourth-order valence-electron chi connectivity index (χ4n) is 1.56. The van der Waals surface area contributed by atoms with Crippen LogP contribution in [0.3, 0.4) is 0 Å². The van der Waals surface area contributed by atoms with E-state index in [1.807, 2.05) is 0 Å². The number of fused-ring (bicyclic) bond motifs is 1. The quantitative estimate of drug-likeness (QED) is 0.923. The zero-order chi connectivity index (χ0) is 13.6. The van der Waals surface area contributed by atoms with Crippen molar-refractivity contribution in [2.24, 2.45) is 5.92 Å². The molecule has 2 aromatic rings. The molecule has 0 aromatic carbocycles. The van der Waals surface area contributed by atoms with E-state index in [1.54, 1.807) is 0 Å². The molecule has 1 saturated carbocycles. The molecule has 0 aliphatic heterocycles. The average Bonchev–Trinajstić information content (AvgIpc) is 2.96. The molecule has 1 N–H and O–H groups in total. The molecule has 2 aromatic heterocycles. The minimum absolute atomic E-state index is 0.0523. The van der Waals surface area contributed by atoms with E-state index in [2.05, 4.69) is 20.6 Å². The summed E-state index contributed by atoms with van der Waals surface area (Å²) in [6, 6.07) is 0. The van der Waals surface area contributed by atoms with Crippen molar-refractivity contribution in [3.05, 3.63) is 10.8 Å². The van der Waals surface area contributed by atoms with E-state index in [0.29, 0.717) is 9.52 Å². The van der Waals surface area contributed by atoms with Gasteiger partial charge in [0.25, 0.3) is 5.82 Å². The molecule has 19 heavy (non-hydrogen) atoms. The number of aromatic nitrogens is 4. The van der Waals surface area contributed by atoms with Gasteiger partial charge < -0.3 is 5.32 Å². The number of alkyl halides is 3. The van der Waals surface area contributed by atoms with Crippen LogP contribution in [0.5, 0.6) is 0 Å². The average molecular weight is 291 g/mol. The van der Waals surface area contributed by atoms with E-state index in [0.717, 1.165) is 24.2 Å². The number of hydrogen-bond donors (Lipinski definition) is 1. The largest absolute Gasteiger partial charge is 0.453 e. The van der Waals surface area contributed by atoms with E-state index in [1.165, 1.54) is 0 Å². The van der Waals surface area contributed by atoms with Crippen molar-refractivity contribution in [3.63, 3.8) is 0 Å². The van der Waals surface area contributed by atoms with Crippen molar-refractivity contribution in [2.75, 3.05) is 0 Å². The van der Waals surface area contributed by atoms with Crippen molar-refractivity contribution < 1.29 is 18.0 Å². The first-order valence-electron chi connectivity index (χ1n) is 5.51. The van der Waals surface area contributed by atoms with Gasteiger partial charge in [0.2, 0.25) is 10.9 Å². The summed E-state index contributed by atoms with van der Waals surface area (Å²) in [6.07, 6.45) is -2.85. The van der Waals surface area contributed by atoms with Crippen LogP contribution in [-0.4, -0.2) is 25.7 Å². The van der Waals surface area contributed by atoms with Crippen LogP contribution in [0.15, 0.2) is 0 Å². The Morgan fingerprint density at radius 1 is 1.42 bits per heavy atom. The van der Waals surface area contributed by atoms with Gasteiger partial charge in [0.05, 0.1) is 6.54 Å². The van der Waals surface area contributed by atoms with Gasteiger partial charge >= 0.3 is 6.18 Å². The van der Waals surface area contributed by atoms with Crippen molar-refractivity contribution in [1.82, 2.24) is 25.1 Å². The predicted octanol–water partition coefficient (Wildman–Crippen LogP) is 1.23. The lowest BCUT2D eigenvalue weighted by molar-refractivity contribution is -0.146. The zero-order valence-corrected chi connectivity index (χ0v) is 10.3. The van der Waals surface area contributed by atoms with E-state index in [9.17, 15) is 18.0 Å². The summed E-state index contributed by atoms with van der Waals surface area (Å²) in [7, 11) is 0. The van der Waals surface area contributed by atoms with Gasteiger partial charge in [-0.25, -0.2) is 0 Å². The van der Waals surface area contributed by atoms with Crippen molar-refractivity contribution >= 4 is 22.2 Å². The smallest absolute Gasteiger partial charge is 0.349 e. The molecule has 2 heterocycles. The highest BCUT2D eigenvalue weighted by molar-refractivity contribution is 7.16. The Morgan fingerprint density at radius 3 is 2.79 bits per heavy atom. The second-order valence-electron chi connectivity index (χ2n) is 4.20. The van der Waals surface area contributed by atoms with Crippen LogP contribution in [0.2, 0.25) is 0 Å². The van der Waals surface area contributed by atoms with Crippen molar-refractivity contribution in [2.45, 2.75) is 25.6 Å². The minimum atomic E-state index is -4.60. The van der Waals surface area contributed by atoms with Crippen LogP contribution in [0.4, 0.5) is 13.2 Å². The Morgan fingerprint density at radius 2 is 2.16 bits per heavy atom. The highest BCUT2D eigenvalue weighted by atomic mass is 32.1. The number of carbonyl (C=O) groups excluding carboxylic acids is 1. The molecule has 0 atom stereocenters. The first-order chi connectivity index (χ1) is 8.95. The molecule has 0 bridgehead atoms. The number of nitrogens with zero attached hydrogens (tertiary/aromatic N) is 4. The summed E-state index contributed by atoms with van der Waals surface area (Å²) in [5.41, 5.74) is 0. The zero-order valence-electron chi connectivity index (χ0n) is 9.44. The third-order valence-corrected chi connectivity index (χ3v) is 3.55. The Balaban J connectivity index is 1.78. The van der Waals surface area contributed by atoms with Crippen LogP contribution in [0, 0.1) is 5.92 Å². The third-order valence-electron chi connectivity index (χ3n) is 2.65. The maximum absolute atomic E-state index is 12.6. The number of halogens is 3. The van der Waals surface area contributed by atoms with Gasteiger partial charge in [-0.1, -0.05) is 11.3 Å². The lowest BCUT2D eigenvalue weighted by Crippen LogP contribution is -2.24. The van der Waals surface area contributed by atoms with Crippen LogP contribution >= 0.6 is 11.3 Å². The molecule has 0 spiro atoms. The van der Waals surface area contributed by atoms with Crippen LogP contribution in [0.1, 0.15) is 23.7 Å². The van der Waals surface area contributed by atoms with E-state index in [4.69, 9.17) is 0 Å². The SMILES string of the molecule is O=C(NCc1nn2c(C(F)(F)F)nnc2s1)C1CC1. The lowest BCUT2D eigenvalue weighted by atomic mass is 10.4. The minimum Gasteiger partial charge on any atom is -0.349 e. The fourth-order valence-corrected chi connectivity index (χ4v) is 2.33. The van der Waals surface area contributed by atoms with Crippen LogP contribution < -0.4 is 5.32 Å². The van der Waals surface area contributed by atoms with Gasteiger partial charge in [-0.15, -0.1) is 10.2 Å². The van der Waals surface area contributed by atoms with Gasteiger partial charge in [-0.05, 0) is 12.8 Å². The second kappa shape index (κ2) is 4.15. The summed E-state index contributed by atoms with van der Waals surface area (Å²) >= 11 is 0.972. The molecular formula is C9H8F3N5OS. The molecule has 1 amide bonds. The molecule has 3 rings (SSSR count). The van der Waals surface area contributed by atoms with Crippen LogP contribution in [0.25, 0.3) is 4.96 Å². The maximum Gasteiger partial charge on any atom is 0.453 e. The van der Waals surface area contributed by atoms with Gasteiger partial charge in [0, 0.05) is 5.92 Å². The van der Waals surface area contributed by atoms with Gasteiger partial charge in [0.15, 0.2) is 0 Å². The molecule has 0 radical (unpaired) electrons. The lowest BCUT2D eigenvalue weighted by Gasteiger charge is -2.01. The highest BCUT2D eigenvalue weighted by Crippen LogP contribution is 2.30. The van der Waals surface area contributed by atoms with Gasteiger partial charge in [-0.3, -0.25) is 4.79 Å². The Kier molecular flexibility index (Phi) is 2.69. The van der Waals surface area contributed by atoms with E-state index >= 15 is 0 Å². The molecule has 102 valence electrons. The Hall–Kier alpha value is -1.71. The summed E-state index contributed by atoms with van der Waals surface area (Å²) in [6.45, 7) is 0.112. The molecular weight excluding hydrogens is 283 g/mol. The molecule has 1 aliphatic carbocycles. The Labute approximate surface area is 108 Å². The Bertz CT molecular complexity index is 629. The maximum atomic E-state index is 12.6. The van der Waals surface area contributed by atoms with Crippen molar-refractivity contribution in [1.29, 1.82) is 0 Å². The number of hydrogen-bond acceptors (Lipinski definition) is 5. The monoisotopic (exact) mass is 291 g/mol. The first kappa shape index (κ1) is 12.3. The molecule has 0 saturated heterocycles. The molecule has 6 nitrogen and oxygen atoms in total. The number of nitrogens with one attached hydrogen (secondary N) is 1. The molecule has 10 heteroatoms. The molecule has 1 fully saturated rings. The standard InChI is InChI=1S/C9H8F3N5OS/c10-9(11,12)7-14-15-8-17(7)16-5(19-8)3-13-6(18)4-1-2-4/h4H,1-3H2,(H,13,18). The molecule has 1 aliphatic rings.